The average Bonchev–Trinajstić information content (AvgIpc) is 2.22. The van der Waals surface area contributed by atoms with Crippen LogP contribution in [0.4, 0.5) is 0 Å². The summed E-state index contributed by atoms with van der Waals surface area (Å²) in [6.07, 6.45) is 0.281. The Morgan fingerprint density at radius 2 is 1.82 bits per heavy atom. The minimum atomic E-state index is -3.66. The molecule has 1 N–H and O–H groups in total. The number of rotatable bonds is 9. The van der Waals surface area contributed by atoms with Crippen LogP contribution in [0.3, 0.4) is 0 Å². The van der Waals surface area contributed by atoms with E-state index in [1.807, 2.05) is 0 Å². The molecule has 0 saturated carbocycles. The molecule has 0 unspecified atom stereocenters. The van der Waals surface area contributed by atoms with Gasteiger partial charge in [-0.25, -0.2) is 8.42 Å². The van der Waals surface area contributed by atoms with Crippen LogP contribution in [-0.2, 0) is 24.1 Å². The van der Waals surface area contributed by atoms with E-state index in [2.05, 4.69) is 0 Å². The molecule has 0 spiro atoms. The van der Waals surface area contributed by atoms with Crippen molar-refractivity contribution in [3.8, 4) is 0 Å². The number of methoxy groups -OCH3 is 1. The summed E-state index contributed by atoms with van der Waals surface area (Å²) < 4.78 is 31.6. The van der Waals surface area contributed by atoms with E-state index in [0.29, 0.717) is 13.2 Å². The molecule has 0 bridgehead atoms. The van der Waals surface area contributed by atoms with Crippen molar-refractivity contribution in [2.45, 2.75) is 25.0 Å². The van der Waals surface area contributed by atoms with Crippen molar-refractivity contribution in [3.05, 3.63) is 0 Å². The monoisotopic (exact) mass is 268 g/mol. The van der Waals surface area contributed by atoms with Crippen molar-refractivity contribution >= 4 is 15.8 Å². The van der Waals surface area contributed by atoms with Gasteiger partial charge in [0.05, 0.1) is 19.0 Å². The lowest BCUT2D eigenvalue weighted by molar-refractivity contribution is -0.139. The molecule has 0 aliphatic carbocycles. The topological polar surface area (TPSA) is 89.9 Å². The third-order valence-corrected chi connectivity index (χ3v) is 4.98. The molecule has 0 atom stereocenters. The Hall–Kier alpha value is -0.660. The van der Waals surface area contributed by atoms with Crippen LogP contribution in [0.1, 0.15) is 20.3 Å². The van der Waals surface area contributed by atoms with Gasteiger partial charge in [0, 0.05) is 13.7 Å². The van der Waals surface area contributed by atoms with Crippen LogP contribution in [-0.4, -0.2) is 56.9 Å². The van der Waals surface area contributed by atoms with E-state index >= 15 is 0 Å². The first kappa shape index (κ1) is 16.3. The second-order valence-corrected chi connectivity index (χ2v) is 6.75. The fourth-order valence-electron chi connectivity index (χ4n) is 0.984. The van der Waals surface area contributed by atoms with Crippen molar-refractivity contribution in [1.29, 1.82) is 0 Å². The number of sulfone groups is 1. The first-order valence-corrected chi connectivity index (χ1v) is 6.93. The van der Waals surface area contributed by atoms with E-state index in [-0.39, 0.29) is 18.8 Å². The van der Waals surface area contributed by atoms with Crippen LogP contribution in [0.15, 0.2) is 0 Å². The van der Waals surface area contributed by atoms with Crippen LogP contribution in [0, 0.1) is 0 Å². The zero-order chi connectivity index (χ0) is 13.5. The molecule has 7 heteroatoms. The van der Waals surface area contributed by atoms with Gasteiger partial charge in [-0.2, -0.15) is 0 Å². The predicted molar refractivity (Wildman–Crippen MR) is 62.8 cm³/mol. The average molecular weight is 268 g/mol. The predicted octanol–water partition coefficient (Wildman–Crippen LogP) is 0.318. The molecule has 6 nitrogen and oxygen atoms in total. The molecule has 0 aliphatic rings. The Labute approximate surface area is 102 Å². The van der Waals surface area contributed by atoms with Gasteiger partial charge in [0.1, 0.15) is 0 Å². The normalized spacial score (nSPS) is 12.6. The van der Waals surface area contributed by atoms with Crippen molar-refractivity contribution in [2.24, 2.45) is 0 Å². The maximum absolute atomic E-state index is 11.7. The van der Waals surface area contributed by atoms with Gasteiger partial charge in [-0.3, -0.25) is 4.79 Å². The summed E-state index contributed by atoms with van der Waals surface area (Å²) >= 11 is 0. The fraction of sp³-hybridized carbons (Fsp3) is 0.900. The third kappa shape index (κ3) is 5.01. The highest BCUT2D eigenvalue weighted by Gasteiger charge is 2.41. The lowest BCUT2D eigenvalue weighted by atomic mass is 10.2. The van der Waals surface area contributed by atoms with E-state index in [0.717, 1.165) is 0 Å². The maximum Gasteiger partial charge on any atom is 0.324 e. The summed E-state index contributed by atoms with van der Waals surface area (Å²) in [6, 6.07) is 0. The van der Waals surface area contributed by atoms with Crippen LogP contribution in [0.5, 0.6) is 0 Å². The Morgan fingerprint density at radius 1 is 1.24 bits per heavy atom. The zero-order valence-electron chi connectivity index (χ0n) is 10.4. The highest BCUT2D eigenvalue weighted by Crippen LogP contribution is 2.18. The molecule has 102 valence electrons. The lowest BCUT2D eigenvalue weighted by Gasteiger charge is -2.19. The Kier molecular flexibility index (Phi) is 6.66. The highest BCUT2D eigenvalue weighted by atomic mass is 32.2. The SMILES string of the molecule is COCCOCCCS(=O)(=O)C(C)(C)C(=O)O. The van der Waals surface area contributed by atoms with Gasteiger partial charge < -0.3 is 14.6 Å². The van der Waals surface area contributed by atoms with Crippen LogP contribution < -0.4 is 0 Å². The maximum atomic E-state index is 11.7. The molecule has 0 radical (unpaired) electrons. The summed E-state index contributed by atoms with van der Waals surface area (Å²) in [5, 5.41) is 8.82. The largest absolute Gasteiger partial charge is 0.480 e. The Balaban J connectivity index is 4.08. The number of hydrogen-bond acceptors (Lipinski definition) is 5. The highest BCUT2D eigenvalue weighted by molar-refractivity contribution is 7.93. The van der Waals surface area contributed by atoms with Crippen LogP contribution in [0.2, 0.25) is 0 Å². The molecule has 17 heavy (non-hydrogen) atoms. The first-order valence-electron chi connectivity index (χ1n) is 5.28. The number of carboxylic acids is 1. The van der Waals surface area contributed by atoms with Gasteiger partial charge in [0.2, 0.25) is 0 Å². The van der Waals surface area contributed by atoms with Crippen LogP contribution >= 0.6 is 0 Å². The lowest BCUT2D eigenvalue weighted by Crippen LogP contribution is -2.42. The number of carboxylic acid groups (broad SMARTS) is 1. The van der Waals surface area contributed by atoms with Gasteiger partial charge in [-0.15, -0.1) is 0 Å². The second-order valence-electron chi connectivity index (χ2n) is 4.09. The number of ether oxygens (including phenoxy) is 2. The number of carbonyl (C=O) groups is 1. The van der Waals surface area contributed by atoms with Crippen molar-refractivity contribution in [3.63, 3.8) is 0 Å². The number of aliphatic carboxylic acids is 1. The quantitative estimate of drug-likeness (QED) is 0.606. The molecule has 0 saturated heterocycles. The smallest absolute Gasteiger partial charge is 0.324 e. The third-order valence-electron chi connectivity index (χ3n) is 2.43. The van der Waals surface area contributed by atoms with Crippen molar-refractivity contribution < 1.29 is 27.8 Å². The fourth-order valence-corrected chi connectivity index (χ4v) is 2.26. The standard InChI is InChI=1S/C10H20O6S/c1-10(2,9(11)12)17(13,14)8-4-5-16-7-6-15-3/h4-8H2,1-3H3,(H,11,12). The summed E-state index contributed by atoms with van der Waals surface area (Å²) in [5.74, 6) is -1.53. The molecular formula is C10H20O6S. The summed E-state index contributed by atoms with van der Waals surface area (Å²) in [6.45, 7) is 3.51. The zero-order valence-corrected chi connectivity index (χ0v) is 11.2. The van der Waals surface area contributed by atoms with E-state index in [1.165, 1.54) is 13.8 Å². The number of hydrogen-bond donors (Lipinski definition) is 1. The van der Waals surface area contributed by atoms with Gasteiger partial charge >= 0.3 is 5.97 Å². The molecule has 0 aromatic carbocycles. The van der Waals surface area contributed by atoms with Gasteiger partial charge in [-0.05, 0) is 20.3 Å². The Morgan fingerprint density at radius 3 is 2.29 bits per heavy atom. The molecule has 0 aromatic heterocycles. The molecule has 0 rings (SSSR count). The molecule has 0 aliphatic heterocycles. The minimum absolute atomic E-state index is 0.195. The molecule has 0 aromatic rings. The minimum Gasteiger partial charge on any atom is -0.480 e. The van der Waals surface area contributed by atoms with Gasteiger partial charge in [0.15, 0.2) is 14.6 Å². The summed E-state index contributed by atoms with van der Waals surface area (Å²) in [4.78, 5) is 10.8. The molecule has 0 heterocycles. The Bertz CT molecular complexity index is 333. The summed E-state index contributed by atoms with van der Waals surface area (Å²) in [7, 11) is -2.12. The van der Waals surface area contributed by atoms with Gasteiger partial charge in [0.25, 0.3) is 0 Å². The van der Waals surface area contributed by atoms with Crippen molar-refractivity contribution in [1.82, 2.24) is 0 Å². The van der Waals surface area contributed by atoms with E-state index in [9.17, 15) is 13.2 Å². The summed E-state index contributed by atoms with van der Waals surface area (Å²) in [5.41, 5.74) is 0. The van der Waals surface area contributed by atoms with Crippen LogP contribution in [0.25, 0.3) is 0 Å². The first-order chi connectivity index (χ1) is 7.75. The van der Waals surface area contributed by atoms with E-state index in [1.54, 1.807) is 7.11 Å². The molecule has 0 amide bonds. The van der Waals surface area contributed by atoms with E-state index < -0.39 is 20.6 Å². The van der Waals surface area contributed by atoms with Gasteiger partial charge in [-0.1, -0.05) is 0 Å². The molecule has 0 fully saturated rings. The van der Waals surface area contributed by atoms with Crippen molar-refractivity contribution in [2.75, 3.05) is 32.7 Å². The van der Waals surface area contributed by atoms with E-state index in [4.69, 9.17) is 14.6 Å². The molecular weight excluding hydrogens is 248 g/mol. The second kappa shape index (κ2) is 6.93.